The van der Waals surface area contributed by atoms with Crippen LogP contribution in [0.1, 0.15) is 37.4 Å². The van der Waals surface area contributed by atoms with Crippen molar-refractivity contribution in [2.24, 2.45) is 0 Å². The van der Waals surface area contributed by atoms with E-state index >= 15 is 0 Å². The first-order chi connectivity index (χ1) is 5.65. The van der Waals surface area contributed by atoms with Gasteiger partial charge in [-0.3, -0.25) is 0 Å². The first kappa shape index (κ1) is 10.2. The third kappa shape index (κ3) is 2.30. The average molecular weight is 248 g/mol. The molecule has 0 aliphatic heterocycles. The fourth-order valence-electron chi connectivity index (χ4n) is 0.891. The van der Waals surface area contributed by atoms with Crippen molar-refractivity contribution in [3.8, 4) is 0 Å². The third-order valence-electron chi connectivity index (χ3n) is 2.01. The molecule has 0 spiro atoms. The second kappa shape index (κ2) is 4.38. The Labute approximate surface area is 86.3 Å². The van der Waals surface area contributed by atoms with E-state index in [-0.39, 0.29) is 0 Å². The van der Waals surface area contributed by atoms with E-state index in [1.54, 1.807) is 11.3 Å². The largest absolute Gasteiger partial charge is 0.246 e. The van der Waals surface area contributed by atoms with Crippen LogP contribution >= 0.6 is 27.3 Å². The highest BCUT2D eigenvalue weighted by atomic mass is 79.9. The molecule has 1 heterocycles. The molecule has 0 saturated carbocycles. The summed E-state index contributed by atoms with van der Waals surface area (Å²) in [5.74, 6) is 0.523. The van der Waals surface area contributed by atoms with E-state index in [0.717, 1.165) is 6.42 Å². The molecule has 1 aromatic heterocycles. The highest BCUT2D eigenvalue weighted by Gasteiger charge is 2.14. The molecule has 0 aliphatic carbocycles. The van der Waals surface area contributed by atoms with Crippen LogP contribution in [0.3, 0.4) is 0 Å². The van der Waals surface area contributed by atoms with Crippen molar-refractivity contribution < 1.29 is 0 Å². The normalized spacial score (nSPS) is 16.0. The topological polar surface area (TPSA) is 12.9 Å². The number of nitrogens with zero attached hydrogens (tertiary/aromatic N) is 1. The Morgan fingerprint density at radius 3 is 2.67 bits per heavy atom. The molecule has 0 amide bonds. The van der Waals surface area contributed by atoms with Gasteiger partial charge in [-0.1, -0.05) is 36.7 Å². The molecule has 0 N–H and O–H groups in total. The number of aryl methyl sites for hydroxylation is 1. The SMILES string of the molecule is CCc1csc(C(C)C(C)Br)n1. The standard InChI is InChI=1S/C9H14BrNS/c1-4-8-5-12-9(11-8)6(2)7(3)10/h5-7H,4H2,1-3H3. The van der Waals surface area contributed by atoms with Crippen LogP contribution in [0, 0.1) is 0 Å². The van der Waals surface area contributed by atoms with E-state index in [0.29, 0.717) is 10.7 Å². The van der Waals surface area contributed by atoms with Gasteiger partial charge in [0.15, 0.2) is 0 Å². The zero-order chi connectivity index (χ0) is 9.14. The van der Waals surface area contributed by atoms with Gasteiger partial charge in [0.1, 0.15) is 0 Å². The summed E-state index contributed by atoms with van der Waals surface area (Å²) >= 11 is 5.34. The molecular formula is C9H14BrNS. The lowest BCUT2D eigenvalue weighted by molar-refractivity contribution is 0.748. The van der Waals surface area contributed by atoms with E-state index < -0.39 is 0 Å². The zero-order valence-electron chi connectivity index (χ0n) is 7.67. The monoisotopic (exact) mass is 247 g/mol. The minimum absolute atomic E-state index is 0.508. The van der Waals surface area contributed by atoms with Crippen molar-refractivity contribution in [1.29, 1.82) is 0 Å². The van der Waals surface area contributed by atoms with Crippen molar-refractivity contribution in [3.63, 3.8) is 0 Å². The summed E-state index contributed by atoms with van der Waals surface area (Å²) in [4.78, 5) is 5.05. The molecule has 0 fully saturated rings. The van der Waals surface area contributed by atoms with Gasteiger partial charge in [0, 0.05) is 16.1 Å². The Bertz CT molecular complexity index is 244. The van der Waals surface area contributed by atoms with Gasteiger partial charge < -0.3 is 0 Å². The Kier molecular flexibility index (Phi) is 3.72. The van der Waals surface area contributed by atoms with Crippen molar-refractivity contribution in [2.75, 3.05) is 0 Å². The predicted molar refractivity (Wildman–Crippen MR) is 58.3 cm³/mol. The van der Waals surface area contributed by atoms with Crippen LogP contribution in [-0.4, -0.2) is 9.81 Å². The second-order valence-corrected chi connectivity index (χ2v) is 5.33. The van der Waals surface area contributed by atoms with E-state index in [2.05, 4.69) is 47.1 Å². The maximum absolute atomic E-state index is 4.54. The van der Waals surface area contributed by atoms with Crippen LogP contribution in [0.4, 0.5) is 0 Å². The maximum Gasteiger partial charge on any atom is 0.0967 e. The van der Waals surface area contributed by atoms with Gasteiger partial charge in [0.2, 0.25) is 0 Å². The lowest BCUT2D eigenvalue weighted by Gasteiger charge is -2.09. The Morgan fingerprint density at radius 1 is 1.58 bits per heavy atom. The van der Waals surface area contributed by atoms with Gasteiger partial charge in [-0.2, -0.15) is 0 Å². The smallest absolute Gasteiger partial charge is 0.0967 e. The molecule has 2 unspecified atom stereocenters. The average Bonchev–Trinajstić information content (AvgIpc) is 2.50. The molecule has 0 bridgehead atoms. The van der Waals surface area contributed by atoms with Crippen LogP contribution in [0.5, 0.6) is 0 Å². The van der Waals surface area contributed by atoms with Crippen molar-refractivity contribution >= 4 is 27.3 Å². The molecule has 12 heavy (non-hydrogen) atoms. The molecular weight excluding hydrogens is 234 g/mol. The third-order valence-corrected chi connectivity index (χ3v) is 3.90. The van der Waals surface area contributed by atoms with Crippen LogP contribution < -0.4 is 0 Å². The fourth-order valence-corrected chi connectivity index (χ4v) is 2.38. The van der Waals surface area contributed by atoms with Gasteiger partial charge >= 0.3 is 0 Å². The lowest BCUT2D eigenvalue weighted by Crippen LogP contribution is -2.03. The molecule has 0 saturated heterocycles. The number of aromatic nitrogens is 1. The fraction of sp³-hybridized carbons (Fsp3) is 0.667. The number of alkyl halides is 1. The van der Waals surface area contributed by atoms with Gasteiger partial charge in [-0.25, -0.2) is 4.98 Å². The molecule has 68 valence electrons. The molecule has 1 rings (SSSR count). The summed E-state index contributed by atoms with van der Waals surface area (Å²) in [5.41, 5.74) is 1.22. The first-order valence-corrected chi connectivity index (χ1v) is 6.03. The van der Waals surface area contributed by atoms with Crippen LogP contribution in [0.15, 0.2) is 5.38 Å². The number of rotatable bonds is 3. The summed E-state index contributed by atoms with van der Waals surface area (Å²) < 4.78 is 0. The Hall–Kier alpha value is 0.110. The maximum atomic E-state index is 4.54. The van der Waals surface area contributed by atoms with Crippen LogP contribution in [0.25, 0.3) is 0 Å². The zero-order valence-corrected chi connectivity index (χ0v) is 10.1. The molecule has 0 radical (unpaired) electrons. The van der Waals surface area contributed by atoms with Crippen LogP contribution in [0.2, 0.25) is 0 Å². The number of hydrogen-bond acceptors (Lipinski definition) is 2. The predicted octanol–water partition coefficient (Wildman–Crippen LogP) is 3.59. The quantitative estimate of drug-likeness (QED) is 0.745. The minimum Gasteiger partial charge on any atom is -0.246 e. The van der Waals surface area contributed by atoms with Gasteiger partial charge in [-0.15, -0.1) is 11.3 Å². The number of hydrogen-bond donors (Lipinski definition) is 0. The molecule has 1 aromatic rings. The second-order valence-electron chi connectivity index (χ2n) is 3.00. The van der Waals surface area contributed by atoms with Gasteiger partial charge in [0.05, 0.1) is 10.7 Å². The lowest BCUT2D eigenvalue weighted by atomic mass is 10.1. The van der Waals surface area contributed by atoms with E-state index in [9.17, 15) is 0 Å². The molecule has 0 aromatic carbocycles. The highest BCUT2D eigenvalue weighted by molar-refractivity contribution is 9.09. The van der Waals surface area contributed by atoms with E-state index in [4.69, 9.17) is 0 Å². The van der Waals surface area contributed by atoms with Crippen molar-refractivity contribution in [3.05, 3.63) is 16.1 Å². The first-order valence-electron chi connectivity index (χ1n) is 4.23. The van der Waals surface area contributed by atoms with Gasteiger partial charge in [0.25, 0.3) is 0 Å². The minimum atomic E-state index is 0.508. The van der Waals surface area contributed by atoms with E-state index in [1.807, 2.05) is 0 Å². The molecule has 1 nitrogen and oxygen atoms in total. The van der Waals surface area contributed by atoms with Gasteiger partial charge in [-0.05, 0) is 6.42 Å². The van der Waals surface area contributed by atoms with Crippen LogP contribution in [-0.2, 0) is 6.42 Å². The summed E-state index contributed by atoms with van der Waals surface area (Å²) in [6.07, 6.45) is 1.04. The summed E-state index contributed by atoms with van der Waals surface area (Å²) in [6, 6.07) is 0. The molecule has 0 aliphatic rings. The Morgan fingerprint density at radius 2 is 2.25 bits per heavy atom. The summed E-state index contributed by atoms with van der Waals surface area (Å²) in [6.45, 7) is 6.51. The number of thiazole rings is 1. The highest BCUT2D eigenvalue weighted by Crippen LogP contribution is 2.26. The summed E-state index contributed by atoms with van der Waals surface area (Å²) in [5, 5.41) is 3.40. The van der Waals surface area contributed by atoms with E-state index in [1.165, 1.54) is 10.7 Å². The molecule has 3 heteroatoms. The molecule has 2 atom stereocenters. The van der Waals surface area contributed by atoms with Crippen molar-refractivity contribution in [1.82, 2.24) is 4.98 Å². The summed E-state index contributed by atoms with van der Waals surface area (Å²) in [7, 11) is 0. The number of halogens is 1. The Balaban J connectivity index is 2.74. The van der Waals surface area contributed by atoms with Crippen molar-refractivity contribution in [2.45, 2.75) is 37.9 Å².